The number of nitrogens with zero attached hydrogens (tertiary/aromatic N) is 3. The first-order valence-electron chi connectivity index (χ1n) is 5.66. The lowest BCUT2D eigenvalue weighted by Gasteiger charge is -2.34. The van der Waals surface area contributed by atoms with Gasteiger partial charge in [-0.3, -0.25) is 4.79 Å². The van der Waals surface area contributed by atoms with Crippen LogP contribution in [0.4, 0.5) is 18.3 Å². The molecule has 0 bridgehead atoms. The zero-order chi connectivity index (χ0) is 14.2. The molecule has 0 amide bonds. The van der Waals surface area contributed by atoms with Gasteiger partial charge in [0.2, 0.25) is 10.1 Å². The maximum absolute atomic E-state index is 12.4. The van der Waals surface area contributed by atoms with Gasteiger partial charge in [-0.25, -0.2) is 0 Å². The minimum absolute atomic E-state index is 0.0908. The number of hydrogen-bond donors (Lipinski definition) is 1. The third-order valence-electron chi connectivity index (χ3n) is 2.94. The van der Waals surface area contributed by atoms with E-state index in [1.165, 1.54) is 0 Å². The van der Waals surface area contributed by atoms with E-state index >= 15 is 0 Å². The van der Waals surface area contributed by atoms with Crippen LogP contribution in [-0.4, -0.2) is 34.4 Å². The van der Waals surface area contributed by atoms with Crippen molar-refractivity contribution in [2.75, 3.05) is 18.0 Å². The Balaban J connectivity index is 2.17. The van der Waals surface area contributed by atoms with E-state index in [9.17, 15) is 18.0 Å². The molecule has 2 unspecified atom stereocenters. The maximum Gasteiger partial charge on any atom is 0.445 e. The first-order chi connectivity index (χ1) is 8.77. The average Bonchev–Trinajstić information content (AvgIpc) is 2.76. The molecule has 5 nitrogen and oxygen atoms in total. The summed E-state index contributed by atoms with van der Waals surface area (Å²) in [5, 5.41) is 14.8. The van der Waals surface area contributed by atoms with E-state index in [1.54, 1.807) is 4.90 Å². The lowest BCUT2D eigenvalue weighted by atomic mass is 9.91. The molecule has 106 valence electrons. The van der Waals surface area contributed by atoms with Crippen LogP contribution >= 0.6 is 11.3 Å². The Morgan fingerprint density at radius 1 is 1.42 bits per heavy atom. The number of alkyl halides is 3. The standard InChI is InChI=1S/C10H12F3N3O2S/c1-5-2-6(7(17)18)4-16(3-5)9-15-14-8(19-9)10(11,12)13/h5-6H,2-4H2,1H3,(H,17,18). The molecule has 1 saturated heterocycles. The molecule has 19 heavy (non-hydrogen) atoms. The summed E-state index contributed by atoms with van der Waals surface area (Å²) in [5.41, 5.74) is 0. The van der Waals surface area contributed by atoms with Crippen molar-refractivity contribution in [3.63, 3.8) is 0 Å². The van der Waals surface area contributed by atoms with Crippen LogP contribution in [0.5, 0.6) is 0 Å². The van der Waals surface area contributed by atoms with E-state index in [0.29, 0.717) is 24.3 Å². The Hall–Kier alpha value is -1.38. The molecule has 1 aliphatic heterocycles. The number of piperidine rings is 1. The van der Waals surface area contributed by atoms with Gasteiger partial charge in [0, 0.05) is 13.1 Å². The van der Waals surface area contributed by atoms with Crippen LogP contribution in [0.25, 0.3) is 0 Å². The SMILES string of the molecule is CC1CC(C(=O)O)CN(c2nnc(C(F)(F)F)s2)C1. The van der Waals surface area contributed by atoms with Crippen molar-refractivity contribution in [2.24, 2.45) is 11.8 Å². The molecule has 1 aromatic heterocycles. The Morgan fingerprint density at radius 2 is 2.11 bits per heavy atom. The molecule has 0 aromatic carbocycles. The molecule has 1 aromatic rings. The minimum atomic E-state index is -4.51. The number of hydrogen-bond acceptors (Lipinski definition) is 5. The van der Waals surface area contributed by atoms with E-state index in [4.69, 9.17) is 5.11 Å². The topological polar surface area (TPSA) is 66.3 Å². The first-order valence-corrected chi connectivity index (χ1v) is 6.47. The van der Waals surface area contributed by atoms with Gasteiger partial charge in [-0.1, -0.05) is 18.3 Å². The molecule has 0 saturated carbocycles. The molecule has 1 fully saturated rings. The molecular formula is C10H12F3N3O2S. The second-order valence-corrected chi connectivity index (χ2v) is 5.62. The summed E-state index contributed by atoms with van der Waals surface area (Å²) >= 11 is 0.448. The van der Waals surface area contributed by atoms with Crippen LogP contribution in [0.15, 0.2) is 0 Å². The average molecular weight is 295 g/mol. The lowest BCUT2D eigenvalue weighted by molar-refractivity contribution is -0.142. The smallest absolute Gasteiger partial charge is 0.445 e. The molecule has 0 aliphatic carbocycles. The largest absolute Gasteiger partial charge is 0.481 e. The molecule has 2 rings (SSSR count). The second-order valence-electron chi connectivity index (χ2n) is 4.67. The number of rotatable bonds is 2. The zero-order valence-corrected chi connectivity index (χ0v) is 10.8. The van der Waals surface area contributed by atoms with Gasteiger partial charge in [0.05, 0.1) is 5.92 Å². The predicted molar refractivity (Wildman–Crippen MR) is 62.0 cm³/mol. The molecule has 0 radical (unpaired) electrons. The third kappa shape index (κ3) is 3.14. The highest BCUT2D eigenvalue weighted by molar-refractivity contribution is 7.15. The highest BCUT2D eigenvalue weighted by Crippen LogP contribution is 2.36. The summed E-state index contributed by atoms with van der Waals surface area (Å²) in [4.78, 5) is 12.6. The number of aromatic nitrogens is 2. The summed E-state index contributed by atoms with van der Waals surface area (Å²) in [6.07, 6.45) is -3.99. The van der Waals surface area contributed by atoms with Crippen LogP contribution < -0.4 is 4.90 Å². The minimum Gasteiger partial charge on any atom is -0.481 e. The summed E-state index contributed by atoms with van der Waals surface area (Å²) in [5.74, 6) is -1.42. The quantitative estimate of drug-likeness (QED) is 0.905. The summed E-state index contributed by atoms with van der Waals surface area (Å²) < 4.78 is 37.3. The Morgan fingerprint density at radius 3 is 2.63 bits per heavy atom. The van der Waals surface area contributed by atoms with Gasteiger partial charge in [0.15, 0.2) is 0 Å². The number of carboxylic acid groups (broad SMARTS) is 1. The van der Waals surface area contributed by atoms with Gasteiger partial charge in [0.25, 0.3) is 0 Å². The van der Waals surface area contributed by atoms with Gasteiger partial charge in [0.1, 0.15) is 0 Å². The third-order valence-corrected chi connectivity index (χ3v) is 3.97. The monoisotopic (exact) mass is 295 g/mol. The number of carboxylic acids is 1. The van der Waals surface area contributed by atoms with Crippen LogP contribution in [0.1, 0.15) is 18.4 Å². The first kappa shape index (κ1) is 14.0. The molecule has 9 heteroatoms. The summed E-state index contributed by atoms with van der Waals surface area (Å²) in [7, 11) is 0. The Labute approximate surface area is 111 Å². The lowest BCUT2D eigenvalue weighted by Crippen LogP contribution is -2.42. The van der Waals surface area contributed by atoms with Crippen molar-refractivity contribution in [3.8, 4) is 0 Å². The van der Waals surface area contributed by atoms with Crippen molar-refractivity contribution in [3.05, 3.63) is 5.01 Å². The summed E-state index contributed by atoms with van der Waals surface area (Å²) in [6, 6.07) is 0. The van der Waals surface area contributed by atoms with Crippen molar-refractivity contribution in [1.29, 1.82) is 0 Å². The number of aliphatic carboxylic acids is 1. The highest BCUT2D eigenvalue weighted by atomic mass is 32.1. The van der Waals surface area contributed by atoms with Crippen molar-refractivity contribution in [1.82, 2.24) is 10.2 Å². The zero-order valence-electron chi connectivity index (χ0n) is 10.0. The van der Waals surface area contributed by atoms with Crippen molar-refractivity contribution >= 4 is 22.4 Å². The fourth-order valence-corrected chi connectivity index (χ4v) is 2.87. The van der Waals surface area contributed by atoms with Gasteiger partial charge in [-0.15, -0.1) is 10.2 Å². The number of anilines is 1. The van der Waals surface area contributed by atoms with E-state index < -0.39 is 23.1 Å². The molecular weight excluding hydrogens is 283 g/mol. The molecule has 1 aliphatic rings. The van der Waals surface area contributed by atoms with Crippen LogP contribution in [0.3, 0.4) is 0 Å². The fourth-order valence-electron chi connectivity index (χ4n) is 2.14. The van der Waals surface area contributed by atoms with Crippen LogP contribution in [0, 0.1) is 11.8 Å². The second kappa shape index (κ2) is 4.95. The van der Waals surface area contributed by atoms with Gasteiger partial charge < -0.3 is 10.0 Å². The number of carbonyl (C=O) groups is 1. The Kier molecular flexibility index (Phi) is 3.66. The summed E-state index contributed by atoms with van der Waals surface area (Å²) in [6.45, 7) is 2.54. The van der Waals surface area contributed by atoms with Gasteiger partial charge in [-0.05, 0) is 12.3 Å². The molecule has 0 spiro atoms. The van der Waals surface area contributed by atoms with Crippen molar-refractivity contribution in [2.45, 2.75) is 19.5 Å². The molecule has 1 N–H and O–H groups in total. The number of halogens is 3. The molecule has 2 heterocycles. The van der Waals surface area contributed by atoms with Crippen molar-refractivity contribution < 1.29 is 23.1 Å². The Bertz CT molecular complexity index is 477. The molecule has 2 atom stereocenters. The maximum atomic E-state index is 12.4. The van der Waals surface area contributed by atoms with Gasteiger partial charge in [-0.2, -0.15) is 13.2 Å². The van der Waals surface area contributed by atoms with E-state index in [2.05, 4.69) is 10.2 Å². The van der Waals surface area contributed by atoms with Crippen LogP contribution in [-0.2, 0) is 11.0 Å². The predicted octanol–water partition coefficient (Wildman–Crippen LogP) is 2.10. The van der Waals surface area contributed by atoms with E-state index in [-0.39, 0.29) is 17.6 Å². The van der Waals surface area contributed by atoms with E-state index in [0.717, 1.165) is 0 Å². The van der Waals surface area contributed by atoms with Gasteiger partial charge >= 0.3 is 12.1 Å². The van der Waals surface area contributed by atoms with Crippen LogP contribution in [0.2, 0.25) is 0 Å². The highest BCUT2D eigenvalue weighted by Gasteiger charge is 2.37. The fraction of sp³-hybridized carbons (Fsp3) is 0.700. The van der Waals surface area contributed by atoms with E-state index in [1.807, 2.05) is 6.92 Å². The normalized spacial score (nSPS) is 24.5.